The number of nitrogens with zero attached hydrogens (tertiary/aromatic N) is 6. The molecule has 2 saturated heterocycles. The molecule has 2 fully saturated rings. The molecule has 0 radical (unpaired) electrons. The fourth-order valence-corrected chi connectivity index (χ4v) is 6.74. The van der Waals surface area contributed by atoms with Crippen LogP contribution in [0.2, 0.25) is 0 Å². The molecule has 4 atom stereocenters. The Kier molecular flexibility index (Phi) is 7.89. The minimum Gasteiger partial charge on any atom is -0.480 e. The zero-order valence-corrected chi connectivity index (χ0v) is 25.6. The second kappa shape index (κ2) is 11.7. The Morgan fingerprint density at radius 2 is 1.76 bits per heavy atom. The lowest BCUT2D eigenvalue weighted by Crippen LogP contribution is -2.57. The number of imidazole rings is 1. The number of carbonyl (C=O) groups excluding carboxylic acids is 2. The SMILES string of the molecule is Cn1c(=O)c2c(ncn2CCN2C(=O)C3C(c4cccc(OC(F)(F)F)c4)NC(Cc4ccc([N+](=O)[O-])cc4)(C(=O)O)C3C2=O)n(C)c1=O. The highest BCUT2D eigenvalue weighted by molar-refractivity contribution is 6.09. The fourth-order valence-electron chi connectivity index (χ4n) is 6.74. The van der Waals surface area contributed by atoms with Gasteiger partial charge in [0.15, 0.2) is 11.2 Å². The molecular weight excluding hydrogens is 659 g/mol. The van der Waals surface area contributed by atoms with E-state index in [0.29, 0.717) is 0 Å². The Balaban J connectivity index is 1.40. The van der Waals surface area contributed by atoms with Gasteiger partial charge >= 0.3 is 18.0 Å². The van der Waals surface area contributed by atoms with Crippen LogP contribution in [0.3, 0.4) is 0 Å². The molecule has 0 aliphatic carbocycles. The summed E-state index contributed by atoms with van der Waals surface area (Å²) in [6.45, 7) is -0.518. The molecule has 0 spiro atoms. The van der Waals surface area contributed by atoms with Gasteiger partial charge in [0, 0.05) is 51.8 Å². The number of rotatable bonds is 9. The van der Waals surface area contributed by atoms with Crippen molar-refractivity contribution in [3.63, 3.8) is 0 Å². The lowest BCUT2D eigenvalue weighted by atomic mass is 9.76. The molecule has 0 saturated carbocycles. The lowest BCUT2D eigenvalue weighted by Gasteiger charge is -2.31. The second-order valence-corrected chi connectivity index (χ2v) is 11.8. The van der Waals surface area contributed by atoms with Crippen molar-refractivity contribution in [2.45, 2.75) is 30.9 Å². The average Bonchev–Trinajstić information content (AvgIpc) is 3.69. The first-order valence-electron chi connectivity index (χ1n) is 14.6. The Morgan fingerprint density at radius 3 is 2.39 bits per heavy atom. The summed E-state index contributed by atoms with van der Waals surface area (Å²) >= 11 is 0. The van der Waals surface area contributed by atoms with Crippen molar-refractivity contribution in [2.24, 2.45) is 25.9 Å². The number of carbonyl (C=O) groups is 3. The maximum absolute atomic E-state index is 14.1. The van der Waals surface area contributed by atoms with Gasteiger partial charge in [-0.3, -0.25) is 48.6 Å². The number of halogens is 3. The van der Waals surface area contributed by atoms with Gasteiger partial charge in [0.05, 0.1) is 23.1 Å². The number of aryl methyl sites for hydroxylation is 1. The zero-order chi connectivity index (χ0) is 35.6. The quantitative estimate of drug-likeness (QED) is 0.146. The van der Waals surface area contributed by atoms with Gasteiger partial charge in [-0.05, 0) is 23.3 Å². The number of aromatic nitrogens is 4. The number of alkyl halides is 3. The van der Waals surface area contributed by atoms with Gasteiger partial charge in [-0.25, -0.2) is 9.78 Å². The summed E-state index contributed by atoms with van der Waals surface area (Å²) in [5.41, 5.74) is -3.39. The van der Waals surface area contributed by atoms with Crippen LogP contribution in [-0.2, 0) is 41.4 Å². The monoisotopic (exact) mass is 685 g/mol. The molecule has 49 heavy (non-hydrogen) atoms. The number of hydrogen-bond acceptors (Lipinski definition) is 10. The smallest absolute Gasteiger partial charge is 0.480 e. The van der Waals surface area contributed by atoms with Crippen LogP contribution in [0.4, 0.5) is 18.9 Å². The molecular formula is C30H26F3N7O9. The molecule has 19 heteroatoms. The number of non-ortho nitro benzene ring substituents is 1. The lowest BCUT2D eigenvalue weighted by molar-refractivity contribution is -0.384. The van der Waals surface area contributed by atoms with E-state index in [4.69, 9.17) is 0 Å². The van der Waals surface area contributed by atoms with E-state index in [1.54, 1.807) is 0 Å². The van der Waals surface area contributed by atoms with E-state index in [0.717, 1.165) is 38.3 Å². The molecule has 2 aromatic heterocycles. The first kappa shape index (κ1) is 33.1. The molecule has 2 N–H and O–H groups in total. The van der Waals surface area contributed by atoms with Gasteiger partial charge in [-0.2, -0.15) is 0 Å². The number of ether oxygens (including phenoxy) is 1. The van der Waals surface area contributed by atoms with Crippen LogP contribution in [0.1, 0.15) is 17.2 Å². The molecule has 256 valence electrons. The third kappa shape index (κ3) is 5.50. The molecule has 2 aromatic carbocycles. The van der Waals surface area contributed by atoms with Crippen molar-refractivity contribution >= 4 is 34.6 Å². The Morgan fingerprint density at radius 1 is 1.06 bits per heavy atom. The summed E-state index contributed by atoms with van der Waals surface area (Å²) < 4.78 is 46.6. The number of amides is 2. The van der Waals surface area contributed by atoms with Crippen molar-refractivity contribution in [2.75, 3.05) is 6.54 Å². The van der Waals surface area contributed by atoms with Crippen LogP contribution < -0.4 is 21.3 Å². The van der Waals surface area contributed by atoms with E-state index in [-0.39, 0.29) is 41.1 Å². The van der Waals surface area contributed by atoms with Crippen LogP contribution >= 0.6 is 0 Å². The number of benzene rings is 2. The molecule has 4 aromatic rings. The van der Waals surface area contributed by atoms with Gasteiger partial charge < -0.3 is 14.4 Å². The molecule has 0 bridgehead atoms. The number of imide groups is 1. The van der Waals surface area contributed by atoms with E-state index in [1.165, 1.54) is 49.3 Å². The van der Waals surface area contributed by atoms with Crippen molar-refractivity contribution in [1.29, 1.82) is 0 Å². The Labute approximate surface area is 272 Å². The number of hydrogen-bond donors (Lipinski definition) is 2. The minimum absolute atomic E-state index is 0.0166. The molecule has 4 heterocycles. The van der Waals surface area contributed by atoms with Gasteiger partial charge in [-0.1, -0.05) is 24.3 Å². The molecule has 4 unspecified atom stereocenters. The summed E-state index contributed by atoms with van der Waals surface area (Å²) in [5.74, 6) is -6.86. The van der Waals surface area contributed by atoms with Crippen molar-refractivity contribution in [3.05, 3.63) is 96.9 Å². The van der Waals surface area contributed by atoms with E-state index in [1.807, 2.05) is 0 Å². The highest BCUT2D eigenvalue weighted by atomic mass is 19.4. The normalized spacial score (nSPS) is 22.1. The van der Waals surface area contributed by atoms with E-state index in [9.17, 15) is 52.4 Å². The van der Waals surface area contributed by atoms with Gasteiger partial charge in [0.25, 0.3) is 11.2 Å². The highest BCUT2D eigenvalue weighted by Crippen LogP contribution is 2.50. The third-order valence-electron chi connectivity index (χ3n) is 8.99. The molecule has 2 aliphatic rings. The summed E-state index contributed by atoms with van der Waals surface area (Å²) in [5, 5.41) is 24.7. The maximum atomic E-state index is 14.1. The van der Waals surface area contributed by atoms with Crippen molar-refractivity contribution in [1.82, 2.24) is 28.9 Å². The number of likely N-dealkylation sites (tertiary alicyclic amines) is 1. The third-order valence-corrected chi connectivity index (χ3v) is 8.99. The van der Waals surface area contributed by atoms with Crippen LogP contribution in [0.25, 0.3) is 11.2 Å². The molecule has 6 rings (SSSR count). The summed E-state index contributed by atoms with van der Waals surface area (Å²) in [6, 6.07) is 8.22. The maximum Gasteiger partial charge on any atom is 0.573 e. The molecule has 16 nitrogen and oxygen atoms in total. The zero-order valence-electron chi connectivity index (χ0n) is 25.6. The van der Waals surface area contributed by atoms with E-state index in [2.05, 4.69) is 15.0 Å². The fraction of sp³-hybridized carbons (Fsp3) is 0.333. The van der Waals surface area contributed by atoms with Crippen LogP contribution in [0.15, 0.2) is 64.4 Å². The summed E-state index contributed by atoms with van der Waals surface area (Å²) in [7, 11) is 2.68. The van der Waals surface area contributed by atoms with Crippen LogP contribution in [0.5, 0.6) is 5.75 Å². The second-order valence-electron chi connectivity index (χ2n) is 11.8. The van der Waals surface area contributed by atoms with Crippen LogP contribution in [-0.4, -0.2) is 69.8 Å². The minimum atomic E-state index is -5.05. The molecule has 2 aliphatic heterocycles. The largest absolute Gasteiger partial charge is 0.573 e. The number of aliphatic carboxylic acids is 1. The Hall–Kier alpha value is -5.85. The van der Waals surface area contributed by atoms with E-state index >= 15 is 0 Å². The van der Waals surface area contributed by atoms with Crippen molar-refractivity contribution in [3.8, 4) is 5.75 Å². The Bertz CT molecular complexity index is 2160. The number of carboxylic acids is 1. The number of carboxylic acid groups (broad SMARTS) is 1. The standard InChI is InChI=1S/C30H26F3N7O9/c1-36-23-22(26(43)37(2)28(36)46)38(14-34-23)10-11-39-24(41)19-20(25(39)42)29(27(44)45,13-15-6-8-17(9-7-15)40(47)48)35-21(19)16-4-3-5-18(12-16)49-30(31,32)33/h3-9,12,14,19-21,35H,10-11,13H2,1-2H3,(H,44,45). The molecule has 2 amide bonds. The first-order chi connectivity index (χ1) is 23.0. The number of fused-ring (bicyclic) bond motifs is 2. The van der Waals surface area contributed by atoms with E-state index < -0.39 is 75.9 Å². The number of nitrogens with one attached hydrogen (secondary N) is 1. The van der Waals surface area contributed by atoms with Gasteiger partial charge in [0.1, 0.15) is 11.3 Å². The summed E-state index contributed by atoms with van der Waals surface area (Å²) in [6.07, 6.45) is -4.23. The number of nitro benzene ring substituents is 1. The highest BCUT2D eigenvalue weighted by Gasteiger charge is 2.68. The average molecular weight is 686 g/mol. The predicted octanol–water partition coefficient (Wildman–Crippen LogP) is 1.25. The van der Waals surface area contributed by atoms with Gasteiger partial charge in [-0.15, -0.1) is 13.2 Å². The first-order valence-corrected chi connectivity index (χ1v) is 14.6. The topological polar surface area (TPSA) is 201 Å². The summed E-state index contributed by atoms with van der Waals surface area (Å²) in [4.78, 5) is 82.1. The van der Waals surface area contributed by atoms with Crippen LogP contribution in [0, 0.1) is 22.0 Å². The predicted molar refractivity (Wildman–Crippen MR) is 160 cm³/mol. The van der Waals surface area contributed by atoms with Gasteiger partial charge in [0.2, 0.25) is 11.8 Å². The number of nitro groups is 1. The van der Waals surface area contributed by atoms with Crippen molar-refractivity contribution < 1.29 is 42.3 Å².